The highest BCUT2D eigenvalue weighted by atomic mass is 32.2. The Labute approximate surface area is 104 Å². The second-order valence-corrected chi connectivity index (χ2v) is 6.95. The lowest BCUT2D eigenvalue weighted by Crippen LogP contribution is -1.92. The lowest BCUT2D eigenvalue weighted by atomic mass is 10.5. The van der Waals surface area contributed by atoms with Gasteiger partial charge in [0.2, 0.25) is 0 Å². The Morgan fingerprint density at radius 2 is 1.33 bits per heavy atom. The van der Waals surface area contributed by atoms with Crippen LogP contribution in [0.3, 0.4) is 0 Å². The van der Waals surface area contributed by atoms with Gasteiger partial charge < -0.3 is 11.5 Å². The zero-order valence-corrected chi connectivity index (χ0v) is 11.7. The van der Waals surface area contributed by atoms with E-state index < -0.39 is 0 Å². The fourth-order valence-corrected chi connectivity index (χ4v) is 4.57. The Morgan fingerprint density at radius 3 is 1.67 bits per heavy atom. The molecule has 0 unspecified atom stereocenters. The standard InChI is InChI=1S/C10H18N2S3/c1-3-5-13-9-7(11)8(12)10(15-9)14-6-4-2/h3-6,11-12H2,1-2H3. The molecule has 2 nitrogen and oxygen atoms in total. The molecular formula is C10H18N2S3. The molecule has 0 aliphatic rings. The number of nitrogens with two attached hydrogens (primary N) is 2. The molecule has 0 saturated carbocycles. The zero-order chi connectivity index (χ0) is 11.3. The summed E-state index contributed by atoms with van der Waals surface area (Å²) in [5, 5.41) is 0. The normalized spacial score (nSPS) is 10.8. The topological polar surface area (TPSA) is 52.0 Å². The van der Waals surface area contributed by atoms with Crippen LogP contribution in [0.15, 0.2) is 8.42 Å². The zero-order valence-electron chi connectivity index (χ0n) is 9.21. The number of thioether (sulfide) groups is 2. The molecular weight excluding hydrogens is 244 g/mol. The van der Waals surface area contributed by atoms with Crippen LogP contribution in [0.4, 0.5) is 11.4 Å². The van der Waals surface area contributed by atoms with Gasteiger partial charge in [0.05, 0.1) is 19.8 Å². The second-order valence-electron chi connectivity index (χ2n) is 3.20. The van der Waals surface area contributed by atoms with Gasteiger partial charge in [-0.25, -0.2) is 0 Å². The predicted molar refractivity (Wildman–Crippen MR) is 75.2 cm³/mol. The summed E-state index contributed by atoms with van der Waals surface area (Å²) in [6.45, 7) is 4.35. The minimum absolute atomic E-state index is 0.789. The molecule has 4 N–H and O–H groups in total. The van der Waals surface area contributed by atoms with Crippen molar-refractivity contribution in [3.63, 3.8) is 0 Å². The van der Waals surface area contributed by atoms with E-state index in [0.29, 0.717) is 0 Å². The molecule has 0 saturated heterocycles. The number of thiophene rings is 1. The smallest absolute Gasteiger partial charge is 0.0862 e. The summed E-state index contributed by atoms with van der Waals surface area (Å²) in [6.07, 6.45) is 2.33. The number of hydrogen-bond donors (Lipinski definition) is 2. The van der Waals surface area contributed by atoms with Crippen LogP contribution >= 0.6 is 34.9 Å². The van der Waals surface area contributed by atoms with Crippen molar-refractivity contribution < 1.29 is 0 Å². The highest BCUT2D eigenvalue weighted by Crippen LogP contribution is 2.45. The fourth-order valence-electron chi connectivity index (χ4n) is 1.02. The van der Waals surface area contributed by atoms with E-state index in [4.69, 9.17) is 11.5 Å². The Balaban J connectivity index is 2.72. The fraction of sp³-hybridized carbons (Fsp3) is 0.600. The molecule has 0 fully saturated rings. The minimum Gasteiger partial charge on any atom is -0.395 e. The Morgan fingerprint density at radius 1 is 0.933 bits per heavy atom. The molecule has 0 aromatic carbocycles. The first-order valence-electron chi connectivity index (χ1n) is 5.14. The van der Waals surface area contributed by atoms with E-state index in [1.165, 1.54) is 21.3 Å². The van der Waals surface area contributed by atoms with Crippen LogP contribution in [-0.2, 0) is 0 Å². The first-order chi connectivity index (χ1) is 7.20. The van der Waals surface area contributed by atoms with Gasteiger partial charge in [0, 0.05) is 0 Å². The van der Waals surface area contributed by atoms with Gasteiger partial charge in [-0.1, -0.05) is 13.8 Å². The third-order valence-corrected chi connectivity index (χ3v) is 6.00. The van der Waals surface area contributed by atoms with Gasteiger partial charge in [-0.2, -0.15) is 0 Å². The quantitative estimate of drug-likeness (QED) is 0.763. The predicted octanol–water partition coefficient (Wildman–Crippen LogP) is 3.92. The maximum Gasteiger partial charge on any atom is 0.0862 e. The number of anilines is 2. The molecule has 0 amide bonds. The maximum atomic E-state index is 5.97. The largest absolute Gasteiger partial charge is 0.395 e. The van der Waals surface area contributed by atoms with Crippen molar-refractivity contribution in [2.24, 2.45) is 0 Å². The summed E-state index contributed by atoms with van der Waals surface area (Å²) in [4.78, 5) is 0. The van der Waals surface area contributed by atoms with Crippen molar-refractivity contribution in [2.45, 2.75) is 35.1 Å². The summed E-state index contributed by atoms with van der Waals surface area (Å²) in [5.41, 5.74) is 13.5. The van der Waals surface area contributed by atoms with Crippen molar-refractivity contribution >= 4 is 46.2 Å². The Bertz CT molecular complexity index is 281. The Kier molecular flexibility index (Phi) is 5.71. The molecule has 15 heavy (non-hydrogen) atoms. The Hall–Kier alpha value is -0.000000000000000111. The summed E-state index contributed by atoms with van der Waals surface area (Å²) in [5.74, 6) is 2.23. The van der Waals surface area contributed by atoms with Crippen LogP contribution in [0.1, 0.15) is 26.7 Å². The van der Waals surface area contributed by atoms with Crippen LogP contribution < -0.4 is 11.5 Å². The van der Waals surface area contributed by atoms with E-state index in [9.17, 15) is 0 Å². The molecule has 1 rings (SSSR count). The van der Waals surface area contributed by atoms with Crippen molar-refractivity contribution in [3.8, 4) is 0 Å². The highest BCUT2D eigenvalue weighted by Gasteiger charge is 2.13. The minimum atomic E-state index is 0.789. The number of nitrogen functional groups attached to an aromatic ring is 2. The van der Waals surface area contributed by atoms with E-state index in [1.54, 1.807) is 11.3 Å². The SMILES string of the molecule is CCCSc1sc(SCCC)c(N)c1N. The number of rotatable bonds is 6. The molecule has 0 aliphatic carbocycles. The van der Waals surface area contributed by atoms with E-state index in [0.717, 1.165) is 22.9 Å². The van der Waals surface area contributed by atoms with Crippen molar-refractivity contribution in [1.29, 1.82) is 0 Å². The van der Waals surface area contributed by atoms with Crippen molar-refractivity contribution in [2.75, 3.05) is 23.0 Å². The molecule has 1 aromatic rings. The average Bonchev–Trinajstić information content (AvgIpc) is 2.51. The van der Waals surface area contributed by atoms with Gasteiger partial charge in [-0.05, 0) is 24.3 Å². The number of hydrogen-bond acceptors (Lipinski definition) is 5. The first-order valence-corrected chi connectivity index (χ1v) is 7.92. The molecule has 1 aromatic heterocycles. The van der Waals surface area contributed by atoms with Gasteiger partial charge >= 0.3 is 0 Å². The first kappa shape index (κ1) is 13.1. The monoisotopic (exact) mass is 262 g/mol. The maximum absolute atomic E-state index is 5.97. The lowest BCUT2D eigenvalue weighted by Gasteiger charge is -1.97. The van der Waals surface area contributed by atoms with Gasteiger partial charge in [-0.3, -0.25) is 0 Å². The van der Waals surface area contributed by atoms with Gasteiger partial charge in [0.25, 0.3) is 0 Å². The van der Waals surface area contributed by atoms with Crippen LogP contribution in [-0.4, -0.2) is 11.5 Å². The molecule has 0 bridgehead atoms. The molecule has 0 aliphatic heterocycles. The molecule has 0 spiro atoms. The molecule has 86 valence electrons. The van der Waals surface area contributed by atoms with Crippen LogP contribution in [0.5, 0.6) is 0 Å². The lowest BCUT2D eigenvalue weighted by molar-refractivity contribution is 1.11. The van der Waals surface area contributed by atoms with E-state index in [2.05, 4.69) is 13.8 Å². The summed E-state index contributed by atoms with van der Waals surface area (Å²) < 4.78 is 2.38. The molecule has 5 heteroatoms. The molecule has 1 heterocycles. The van der Waals surface area contributed by atoms with E-state index in [-0.39, 0.29) is 0 Å². The summed E-state index contributed by atoms with van der Waals surface area (Å²) in [6, 6.07) is 0. The van der Waals surface area contributed by atoms with Gasteiger partial charge in [0.15, 0.2) is 0 Å². The van der Waals surface area contributed by atoms with Gasteiger partial charge in [0.1, 0.15) is 0 Å². The average molecular weight is 262 g/mol. The van der Waals surface area contributed by atoms with Crippen LogP contribution in [0.2, 0.25) is 0 Å². The molecule has 0 atom stereocenters. The van der Waals surface area contributed by atoms with Crippen LogP contribution in [0.25, 0.3) is 0 Å². The highest BCUT2D eigenvalue weighted by molar-refractivity contribution is 8.03. The van der Waals surface area contributed by atoms with E-state index in [1.807, 2.05) is 23.5 Å². The van der Waals surface area contributed by atoms with Crippen molar-refractivity contribution in [3.05, 3.63) is 0 Å². The van der Waals surface area contributed by atoms with Crippen molar-refractivity contribution in [1.82, 2.24) is 0 Å². The second kappa shape index (κ2) is 6.55. The van der Waals surface area contributed by atoms with Gasteiger partial charge in [-0.15, -0.1) is 34.9 Å². The summed E-state index contributed by atoms with van der Waals surface area (Å²) in [7, 11) is 0. The summed E-state index contributed by atoms with van der Waals surface area (Å²) >= 11 is 5.37. The molecule has 0 radical (unpaired) electrons. The van der Waals surface area contributed by atoms with E-state index >= 15 is 0 Å². The third kappa shape index (κ3) is 3.50. The third-order valence-electron chi connectivity index (χ3n) is 1.79. The van der Waals surface area contributed by atoms with Crippen LogP contribution in [0, 0.1) is 0 Å².